The van der Waals surface area contributed by atoms with Crippen LogP contribution in [0, 0.1) is 0 Å². The van der Waals surface area contributed by atoms with Crippen LogP contribution in [-0.2, 0) is 34.1 Å². The van der Waals surface area contributed by atoms with E-state index in [-0.39, 0.29) is 77.6 Å². The zero-order valence-corrected chi connectivity index (χ0v) is 21.7. The SMILES string of the molecule is O.O.O.O.O=C(O)c1cc2c([O-])n[nH]c(=O)c2cc1C(=O)O.O=C(O)c1cc2c([O-])n[nH]c(=O)c2cc1C(=O)O.[Cu+].[Cu+]. The van der Waals surface area contributed by atoms with Gasteiger partial charge in [-0.3, -0.25) is 9.59 Å². The van der Waals surface area contributed by atoms with Crippen LogP contribution in [0.15, 0.2) is 33.9 Å². The number of H-pyrrole nitrogens is 2. The number of fused-ring (bicyclic) bond motifs is 2. The third kappa shape index (κ3) is 8.54. The summed E-state index contributed by atoms with van der Waals surface area (Å²) in [6, 6.07) is 3.38. The van der Waals surface area contributed by atoms with E-state index >= 15 is 0 Å². The summed E-state index contributed by atoms with van der Waals surface area (Å²) in [6.07, 6.45) is 0. The molecule has 4 aromatic rings. The number of carboxylic acid groups (broad SMARTS) is 4. The maximum Gasteiger partial charge on any atom is 1.00 e. The number of rotatable bonds is 4. The molecule has 2 aromatic heterocycles. The summed E-state index contributed by atoms with van der Waals surface area (Å²) in [5, 5.41) is 67.4. The molecule has 0 atom stereocenters. The number of nitrogens with zero attached hydrogens (tertiary/aromatic N) is 2. The molecule has 42 heavy (non-hydrogen) atoms. The molecule has 0 bridgehead atoms. The average molecular weight is 697 g/mol. The van der Waals surface area contributed by atoms with E-state index in [2.05, 4.69) is 10.2 Å². The van der Waals surface area contributed by atoms with E-state index in [0.717, 1.165) is 24.3 Å². The minimum absolute atomic E-state index is 0. The van der Waals surface area contributed by atoms with Crippen molar-refractivity contribution in [1.82, 2.24) is 20.4 Å². The fraction of sp³-hybridized carbons (Fsp3) is 0. The largest absolute Gasteiger partial charge is 1.00 e. The summed E-state index contributed by atoms with van der Waals surface area (Å²) >= 11 is 0. The van der Waals surface area contributed by atoms with Crippen molar-refractivity contribution in [1.29, 1.82) is 0 Å². The fourth-order valence-electron chi connectivity index (χ4n) is 3.08. The second kappa shape index (κ2) is 17.0. The van der Waals surface area contributed by atoms with Gasteiger partial charge in [0, 0.05) is 22.5 Å². The molecule has 0 fully saturated rings. The van der Waals surface area contributed by atoms with Crippen LogP contribution in [0.25, 0.3) is 21.5 Å². The zero-order valence-electron chi connectivity index (χ0n) is 19.9. The van der Waals surface area contributed by atoms with Crippen molar-refractivity contribution in [2.24, 2.45) is 0 Å². The van der Waals surface area contributed by atoms with Crippen LogP contribution in [-0.4, -0.2) is 86.6 Å². The molecule has 236 valence electrons. The van der Waals surface area contributed by atoms with Crippen LogP contribution >= 0.6 is 0 Å². The Morgan fingerprint density at radius 2 is 0.738 bits per heavy atom. The summed E-state index contributed by atoms with van der Waals surface area (Å²) in [7, 11) is 0. The van der Waals surface area contributed by atoms with Crippen LogP contribution in [0.3, 0.4) is 0 Å². The van der Waals surface area contributed by atoms with Crippen molar-refractivity contribution >= 4 is 45.4 Å². The molecule has 2 aromatic carbocycles. The Morgan fingerprint density at radius 1 is 0.524 bits per heavy atom. The second-order valence-electron chi connectivity index (χ2n) is 6.82. The molecule has 2 heterocycles. The standard InChI is InChI=1S/2C10H6N2O6.2Cu.4H2O/c2*13-7-3-1-5(9(15)16)6(10(17)18)2-4(3)8(14)12-11-7;;;;;;/h2*1-2H,(H,11,13)(H,12,14)(H,15,16)(H,17,18);;;4*1H2/q;;2*+1;;;;/p-2. The Labute approximate surface area is 250 Å². The zero-order chi connectivity index (χ0) is 26.9. The van der Waals surface area contributed by atoms with Gasteiger partial charge in [-0.05, 0) is 24.3 Å². The molecule has 22 heteroatoms. The molecule has 0 aliphatic carbocycles. The minimum Gasteiger partial charge on any atom is -0.857 e. The molecule has 4 rings (SSSR count). The van der Waals surface area contributed by atoms with E-state index in [1.807, 2.05) is 10.2 Å². The maximum atomic E-state index is 11.4. The van der Waals surface area contributed by atoms with E-state index in [9.17, 15) is 39.0 Å². The Hall–Kier alpha value is -4.92. The number of benzene rings is 2. The number of hydrogen-bond acceptors (Lipinski definition) is 10. The molecule has 0 unspecified atom stereocenters. The Kier molecular flexibility index (Phi) is 17.9. The van der Waals surface area contributed by atoms with E-state index in [0.29, 0.717) is 0 Å². The number of aromatic carboxylic acids is 4. The fourth-order valence-corrected chi connectivity index (χ4v) is 3.08. The average Bonchev–Trinajstić information content (AvgIpc) is 2.82. The van der Waals surface area contributed by atoms with Crippen LogP contribution < -0.4 is 21.3 Å². The molecule has 0 aliphatic rings. The summed E-state index contributed by atoms with van der Waals surface area (Å²) in [6.45, 7) is 0. The second-order valence-corrected chi connectivity index (χ2v) is 6.82. The van der Waals surface area contributed by atoms with Gasteiger partial charge in [0.1, 0.15) is 0 Å². The molecule has 0 saturated carbocycles. The van der Waals surface area contributed by atoms with Gasteiger partial charge in [-0.25, -0.2) is 29.4 Å². The van der Waals surface area contributed by atoms with E-state index in [1.54, 1.807) is 0 Å². The smallest absolute Gasteiger partial charge is 0.857 e. The molecular weight excluding hydrogens is 679 g/mol. The van der Waals surface area contributed by atoms with Gasteiger partial charge in [0.2, 0.25) is 0 Å². The molecule has 0 spiro atoms. The van der Waals surface area contributed by atoms with E-state index in [4.69, 9.17) is 20.4 Å². The third-order valence-corrected chi connectivity index (χ3v) is 4.71. The Morgan fingerprint density at radius 3 is 0.952 bits per heavy atom. The Bertz CT molecular complexity index is 1610. The van der Waals surface area contributed by atoms with Crippen molar-refractivity contribution in [3.63, 3.8) is 0 Å². The molecule has 0 saturated heterocycles. The first-order valence-corrected chi connectivity index (χ1v) is 9.23. The van der Waals surface area contributed by atoms with E-state index in [1.165, 1.54) is 0 Å². The maximum absolute atomic E-state index is 11.4. The van der Waals surface area contributed by atoms with Gasteiger partial charge in [-0.15, -0.1) is 0 Å². The molecular formula is C20H18Cu2N4O16. The summed E-state index contributed by atoms with van der Waals surface area (Å²) in [5.74, 6) is -7.67. The van der Waals surface area contributed by atoms with Crippen molar-refractivity contribution in [2.75, 3.05) is 0 Å². The molecule has 0 amide bonds. The van der Waals surface area contributed by atoms with Gasteiger partial charge in [0.15, 0.2) is 0 Å². The Balaban J connectivity index is -0.000000301. The number of aromatic nitrogens is 4. The number of carboxylic acids is 4. The molecule has 0 radical (unpaired) electrons. The third-order valence-electron chi connectivity index (χ3n) is 4.71. The van der Waals surface area contributed by atoms with Crippen molar-refractivity contribution in [2.45, 2.75) is 0 Å². The van der Waals surface area contributed by atoms with Crippen molar-refractivity contribution in [3.05, 3.63) is 67.2 Å². The topological polar surface area (TPSA) is 413 Å². The first-order valence-electron chi connectivity index (χ1n) is 9.23. The number of aromatic amines is 2. The van der Waals surface area contributed by atoms with Gasteiger partial charge in [0.25, 0.3) is 11.1 Å². The first-order chi connectivity index (χ1) is 16.8. The van der Waals surface area contributed by atoms with Gasteiger partial charge in [-0.2, -0.15) is 10.2 Å². The summed E-state index contributed by atoms with van der Waals surface area (Å²) in [4.78, 5) is 66.4. The van der Waals surface area contributed by atoms with Crippen LogP contribution in [0.5, 0.6) is 11.8 Å². The van der Waals surface area contributed by atoms with Crippen LogP contribution in [0.2, 0.25) is 0 Å². The quantitative estimate of drug-likeness (QED) is 0.109. The summed E-state index contributed by atoms with van der Waals surface area (Å²) in [5.41, 5.74) is -3.79. The molecule has 20 nitrogen and oxygen atoms in total. The van der Waals surface area contributed by atoms with Gasteiger partial charge >= 0.3 is 58.0 Å². The molecule has 0 aliphatic heterocycles. The van der Waals surface area contributed by atoms with Crippen molar-refractivity contribution < 1.29 is 106 Å². The van der Waals surface area contributed by atoms with Gasteiger partial charge in [0.05, 0.1) is 33.0 Å². The number of nitrogens with one attached hydrogen (secondary N) is 2. The first kappa shape index (κ1) is 44.1. The normalized spacial score (nSPS) is 8.95. The minimum atomic E-state index is -1.51. The monoisotopic (exact) mass is 696 g/mol. The van der Waals surface area contributed by atoms with Gasteiger partial charge in [-0.1, -0.05) is 0 Å². The summed E-state index contributed by atoms with van der Waals surface area (Å²) < 4.78 is 0. The van der Waals surface area contributed by atoms with E-state index < -0.39 is 69.0 Å². The van der Waals surface area contributed by atoms with Gasteiger partial charge < -0.3 is 52.5 Å². The van der Waals surface area contributed by atoms with Crippen LogP contribution in [0.1, 0.15) is 41.4 Å². The van der Waals surface area contributed by atoms with Crippen molar-refractivity contribution in [3.8, 4) is 11.8 Å². The number of carbonyl (C=O) groups is 4. The number of hydrogen-bond donors (Lipinski definition) is 6. The predicted octanol–water partition coefficient (Wildman–Crippen LogP) is -4.52. The predicted molar refractivity (Wildman–Crippen MR) is 126 cm³/mol. The molecule has 14 N–H and O–H groups in total. The van der Waals surface area contributed by atoms with Crippen LogP contribution in [0.4, 0.5) is 0 Å².